The van der Waals surface area contributed by atoms with Crippen molar-refractivity contribution in [3.8, 4) is 0 Å². The van der Waals surface area contributed by atoms with Crippen molar-refractivity contribution in [2.75, 3.05) is 0 Å². The second kappa shape index (κ2) is 4.53. The highest BCUT2D eigenvalue weighted by molar-refractivity contribution is 6.33. The molecular formula is C4H11Al. The van der Waals surface area contributed by atoms with Crippen LogP contribution < -0.4 is 0 Å². The summed E-state index contributed by atoms with van der Waals surface area (Å²) in [7, 11) is 0. The van der Waals surface area contributed by atoms with Crippen molar-refractivity contribution in [3.05, 3.63) is 0 Å². The third-order valence-corrected chi connectivity index (χ3v) is 2.12. The molecule has 0 aromatic heterocycles. The van der Waals surface area contributed by atoms with Crippen LogP contribution in [0.25, 0.3) is 0 Å². The topological polar surface area (TPSA) is 0 Å². The standard InChI is InChI=1S/C3H7.CH3.Al.H/c1-3-2;;;/h1,3H2,2H3;1H3;;. The van der Waals surface area contributed by atoms with E-state index in [0.29, 0.717) is 15.2 Å². The van der Waals surface area contributed by atoms with Crippen LogP contribution >= 0.6 is 0 Å². The van der Waals surface area contributed by atoms with Crippen molar-refractivity contribution in [2.45, 2.75) is 24.4 Å². The van der Waals surface area contributed by atoms with E-state index in [1.165, 1.54) is 11.7 Å². The van der Waals surface area contributed by atoms with Crippen LogP contribution in [-0.4, -0.2) is 15.2 Å². The predicted octanol–water partition coefficient (Wildman–Crippen LogP) is 1.30. The molecule has 0 aromatic carbocycles. The molecule has 0 radical (unpaired) electrons. The maximum Gasteiger partial charge on any atom is 0.233 e. The lowest BCUT2D eigenvalue weighted by Gasteiger charge is -1.75. The Balaban J connectivity index is 2.19. The van der Waals surface area contributed by atoms with Gasteiger partial charge in [-0.3, -0.25) is 0 Å². The summed E-state index contributed by atoms with van der Waals surface area (Å²) in [6.07, 6.45) is 1.41. The van der Waals surface area contributed by atoms with E-state index in [1.807, 2.05) is 0 Å². The Morgan fingerprint density at radius 1 is 1.60 bits per heavy atom. The first-order valence-electron chi connectivity index (χ1n) is 2.41. The lowest BCUT2D eigenvalue weighted by molar-refractivity contribution is 1.07. The Morgan fingerprint density at radius 3 is 2.20 bits per heavy atom. The van der Waals surface area contributed by atoms with Crippen LogP contribution in [0.4, 0.5) is 0 Å². The van der Waals surface area contributed by atoms with Crippen molar-refractivity contribution in [1.29, 1.82) is 0 Å². The Hall–Kier alpha value is 0.532. The van der Waals surface area contributed by atoms with Crippen LogP contribution in [0, 0.1) is 0 Å². The van der Waals surface area contributed by atoms with E-state index in [1.54, 1.807) is 0 Å². The Labute approximate surface area is 40.3 Å². The van der Waals surface area contributed by atoms with Crippen LogP contribution in [0.2, 0.25) is 11.1 Å². The third-order valence-electron chi connectivity index (χ3n) is 0.707. The van der Waals surface area contributed by atoms with Gasteiger partial charge in [-0.15, -0.1) is 5.79 Å². The molecule has 0 N–H and O–H groups in total. The SMILES string of the molecule is CC[CH2][AlH][CH3]. The van der Waals surface area contributed by atoms with Gasteiger partial charge in [-0.25, -0.2) is 0 Å². The molecule has 0 aliphatic heterocycles. The average molecular weight is 86.1 g/mol. The molecule has 0 aliphatic rings. The molecule has 0 unspecified atom stereocenters. The molecule has 1 heteroatoms. The molecular weight excluding hydrogens is 75.0 g/mol. The van der Waals surface area contributed by atoms with Crippen LogP contribution in [-0.2, 0) is 0 Å². The Bertz CT molecular complexity index is 11.1. The molecule has 0 rings (SSSR count). The van der Waals surface area contributed by atoms with Crippen molar-refractivity contribution in [3.63, 3.8) is 0 Å². The normalized spacial score (nSPS) is 7.60. The summed E-state index contributed by atoms with van der Waals surface area (Å²) in [6.45, 7) is 2.25. The summed E-state index contributed by atoms with van der Waals surface area (Å²) in [5, 5.41) is 1.53. The first kappa shape index (κ1) is 5.53. The quantitative estimate of drug-likeness (QED) is 0.444. The lowest BCUT2D eigenvalue weighted by Crippen LogP contribution is -1.73. The summed E-state index contributed by atoms with van der Waals surface area (Å²) in [5.74, 6) is 2.35. The summed E-state index contributed by atoms with van der Waals surface area (Å²) in [4.78, 5) is 0. The van der Waals surface area contributed by atoms with E-state index in [2.05, 4.69) is 12.7 Å². The average Bonchev–Trinajstić information content (AvgIpc) is 1.41. The fourth-order valence-corrected chi connectivity index (χ4v) is 1.06. The van der Waals surface area contributed by atoms with Gasteiger partial charge in [-0.1, -0.05) is 18.6 Å². The second-order valence-electron chi connectivity index (χ2n) is 1.35. The maximum absolute atomic E-state index is 2.35. The molecule has 0 heterocycles. The van der Waals surface area contributed by atoms with Gasteiger partial charge in [0.25, 0.3) is 0 Å². The summed E-state index contributed by atoms with van der Waals surface area (Å²) < 4.78 is 0. The largest absolute Gasteiger partial charge is 0.233 e. The van der Waals surface area contributed by atoms with E-state index in [4.69, 9.17) is 0 Å². The monoisotopic (exact) mass is 86.1 g/mol. The molecule has 30 valence electrons. The van der Waals surface area contributed by atoms with Crippen LogP contribution in [0.3, 0.4) is 0 Å². The smallest absolute Gasteiger partial charge is 0.109 e. The first-order chi connectivity index (χ1) is 2.41. The zero-order chi connectivity index (χ0) is 4.12. The zero-order valence-corrected chi connectivity index (χ0v) is 5.54. The first-order valence-corrected chi connectivity index (χ1v) is 4.83. The van der Waals surface area contributed by atoms with E-state index < -0.39 is 0 Å². The molecule has 0 aromatic rings. The van der Waals surface area contributed by atoms with Crippen molar-refractivity contribution in [1.82, 2.24) is 0 Å². The number of hydrogen-bond acceptors (Lipinski definition) is 0. The zero-order valence-electron chi connectivity index (χ0n) is 4.12. The van der Waals surface area contributed by atoms with Gasteiger partial charge in [-0.05, 0) is 0 Å². The van der Waals surface area contributed by atoms with E-state index in [0.717, 1.165) is 0 Å². The van der Waals surface area contributed by atoms with Gasteiger partial charge in [-0.2, -0.15) is 0 Å². The van der Waals surface area contributed by atoms with Gasteiger partial charge < -0.3 is 0 Å². The van der Waals surface area contributed by atoms with Crippen LogP contribution in [0.1, 0.15) is 13.3 Å². The highest BCUT2D eigenvalue weighted by atomic mass is 27.1. The van der Waals surface area contributed by atoms with Gasteiger partial charge in [0.15, 0.2) is 0 Å². The molecule has 0 aliphatic carbocycles. The highest BCUT2D eigenvalue weighted by Gasteiger charge is 1.74. The molecule has 0 saturated carbocycles. The maximum atomic E-state index is 2.35. The Kier molecular flexibility index (Phi) is 5.02. The summed E-state index contributed by atoms with van der Waals surface area (Å²) in [5.41, 5.74) is 0. The van der Waals surface area contributed by atoms with Crippen molar-refractivity contribution in [2.24, 2.45) is 0 Å². The molecule has 0 saturated heterocycles. The predicted molar refractivity (Wildman–Crippen MR) is 28.1 cm³/mol. The van der Waals surface area contributed by atoms with Gasteiger partial charge >= 0.3 is 0 Å². The molecule has 0 spiro atoms. The van der Waals surface area contributed by atoms with E-state index >= 15 is 0 Å². The molecule has 0 amide bonds. The van der Waals surface area contributed by atoms with Crippen LogP contribution in [0.15, 0.2) is 0 Å². The minimum absolute atomic E-state index is 0.414. The molecule has 5 heavy (non-hydrogen) atoms. The minimum atomic E-state index is 0.414. The molecule has 0 fully saturated rings. The highest BCUT2D eigenvalue weighted by Crippen LogP contribution is 1.81. The lowest BCUT2D eigenvalue weighted by atomic mass is 10.6. The van der Waals surface area contributed by atoms with E-state index in [-0.39, 0.29) is 0 Å². The number of hydrogen-bond donors (Lipinski definition) is 0. The second-order valence-corrected chi connectivity index (χ2v) is 3.06. The van der Waals surface area contributed by atoms with Gasteiger partial charge in [0.1, 0.15) is 0 Å². The third kappa shape index (κ3) is 4.53. The Morgan fingerprint density at radius 2 is 2.20 bits per heavy atom. The fourth-order valence-electron chi connectivity index (χ4n) is 0.354. The summed E-state index contributed by atoms with van der Waals surface area (Å²) in [6, 6.07) is 0. The van der Waals surface area contributed by atoms with Gasteiger partial charge in [0, 0.05) is 0 Å². The number of rotatable bonds is 2. The van der Waals surface area contributed by atoms with Crippen molar-refractivity contribution >= 4 is 15.2 Å². The van der Waals surface area contributed by atoms with Gasteiger partial charge in [0.05, 0.1) is 0 Å². The fraction of sp³-hybridized carbons (Fsp3) is 1.00. The van der Waals surface area contributed by atoms with E-state index in [9.17, 15) is 0 Å². The minimum Gasteiger partial charge on any atom is -0.109 e. The van der Waals surface area contributed by atoms with Crippen LogP contribution in [0.5, 0.6) is 0 Å². The van der Waals surface area contributed by atoms with Gasteiger partial charge in [0.2, 0.25) is 15.2 Å². The molecule has 0 nitrogen and oxygen atoms in total. The summed E-state index contributed by atoms with van der Waals surface area (Å²) >= 11 is 0.414. The molecule has 0 atom stereocenters. The van der Waals surface area contributed by atoms with Crippen molar-refractivity contribution < 1.29 is 0 Å². The molecule has 0 bridgehead atoms.